The highest BCUT2D eigenvalue weighted by molar-refractivity contribution is 14.1. The van der Waals surface area contributed by atoms with Crippen LogP contribution in [0.4, 0.5) is 5.69 Å². The summed E-state index contributed by atoms with van der Waals surface area (Å²) < 4.78 is 14.6. The number of carbonyl (C=O) groups excluding carboxylic acids is 2. The molecule has 1 aliphatic rings. The van der Waals surface area contributed by atoms with Crippen LogP contribution in [-0.4, -0.2) is 23.6 Å². The molecular formula is C30H23I2N3O5S. The number of halogens is 2. The summed E-state index contributed by atoms with van der Waals surface area (Å²) in [5.74, 6) is 0.168. The molecule has 208 valence electrons. The number of nitrogens with one attached hydrogen (secondary N) is 1. The smallest absolute Gasteiger partial charge is 0.308 e. The first kappa shape index (κ1) is 29.2. The van der Waals surface area contributed by atoms with Crippen LogP contribution in [0.25, 0.3) is 6.08 Å². The van der Waals surface area contributed by atoms with E-state index < -0.39 is 12.0 Å². The summed E-state index contributed by atoms with van der Waals surface area (Å²) in [6.45, 7) is 3.11. The standard InChI is InChI=1S/C30H23I2N3O5S/c1-16-25(28(37)34-21-9-5-4-6-10-21)26(18-8-7-11-22(13-18)39-3)35-29(38)24(41-30(35)33-16)14-19-12-20(31)15-23(32)27(19)40-17(2)36/h4-15,26H,1-3H3,(H,34,37)/b24-14-/t26-/m0/s1. The maximum atomic E-state index is 14.1. The fourth-order valence-corrected chi connectivity index (χ4v) is 7.58. The second kappa shape index (κ2) is 12.3. The van der Waals surface area contributed by atoms with Gasteiger partial charge >= 0.3 is 5.97 Å². The Morgan fingerprint density at radius 2 is 1.83 bits per heavy atom. The van der Waals surface area contributed by atoms with Crippen molar-refractivity contribution in [2.24, 2.45) is 4.99 Å². The molecule has 0 fully saturated rings. The minimum Gasteiger partial charge on any atom is -0.497 e. The summed E-state index contributed by atoms with van der Waals surface area (Å²) >= 11 is 5.50. The average Bonchev–Trinajstić information content (AvgIpc) is 3.24. The third-order valence-electron chi connectivity index (χ3n) is 6.28. The molecule has 0 spiro atoms. The van der Waals surface area contributed by atoms with E-state index in [0.29, 0.717) is 48.9 Å². The van der Waals surface area contributed by atoms with E-state index in [1.54, 1.807) is 36.8 Å². The monoisotopic (exact) mass is 791 g/mol. The van der Waals surface area contributed by atoms with E-state index in [4.69, 9.17) is 14.5 Å². The van der Waals surface area contributed by atoms with E-state index in [9.17, 15) is 14.4 Å². The number of amides is 1. The first-order valence-electron chi connectivity index (χ1n) is 12.4. The molecule has 1 N–H and O–H groups in total. The van der Waals surface area contributed by atoms with Crippen molar-refractivity contribution in [3.05, 3.63) is 116 Å². The molecule has 1 amide bonds. The Morgan fingerprint density at radius 3 is 2.54 bits per heavy atom. The Bertz CT molecular complexity index is 1900. The molecule has 3 aromatic carbocycles. The lowest BCUT2D eigenvalue weighted by Gasteiger charge is -2.25. The van der Waals surface area contributed by atoms with Gasteiger partial charge in [0.15, 0.2) is 10.6 Å². The van der Waals surface area contributed by atoms with E-state index in [0.717, 1.165) is 7.14 Å². The highest BCUT2D eigenvalue weighted by Crippen LogP contribution is 2.33. The number of allylic oxidation sites excluding steroid dienone is 1. The molecule has 8 nitrogen and oxygen atoms in total. The third kappa shape index (κ3) is 6.16. The van der Waals surface area contributed by atoms with Crippen molar-refractivity contribution >= 4 is 80.2 Å². The topological polar surface area (TPSA) is 99.0 Å². The molecule has 0 unspecified atom stereocenters. The number of methoxy groups -OCH3 is 1. The minimum absolute atomic E-state index is 0.318. The number of hydrogen-bond acceptors (Lipinski definition) is 7. The summed E-state index contributed by atoms with van der Waals surface area (Å²) in [7, 11) is 1.57. The van der Waals surface area contributed by atoms with Crippen LogP contribution in [0.2, 0.25) is 0 Å². The highest BCUT2D eigenvalue weighted by atomic mass is 127. The molecule has 1 aliphatic heterocycles. The van der Waals surface area contributed by atoms with Gasteiger partial charge in [-0.15, -0.1) is 0 Å². The summed E-state index contributed by atoms with van der Waals surface area (Å²) in [6, 6.07) is 19.4. The Balaban J connectivity index is 1.71. The van der Waals surface area contributed by atoms with E-state index in [-0.39, 0.29) is 11.5 Å². The summed E-state index contributed by atoms with van der Waals surface area (Å²) in [5.41, 5.74) is 2.47. The second-order valence-electron chi connectivity index (χ2n) is 9.08. The van der Waals surface area contributed by atoms with Crippen molar-refractivity contribution < 1.29 is 19.1 Å². The fourth-order valence-electron chi connectivity index (χ4n) is 4.54. The van der Waals surface area contributed by atoms with Gasteiger partial charge in [-0.3, -0.25) is 19.0 Å². The molecule has 0 radical (unpaired) electrons. The van der Waals surface area contributed by atoms with Crippen LogP contribution in [0, 0.1) is 7.14 Å². The number of fused-ring (bicyclic) bond motifs is 1. The van der Waals surface area contributed by atoms with E-state index >= 15 is 0 Å². The van der Waals surface area contributed by atoms with Gasteiger partial charge in [0.1, 0.15) is 5.75 Å². The minimum atomic E-state index is -0.754. The molecule has 5 rings (SSSR count). The van der Waals surface area contributed by atoms with Gasteiger partial charge in [-0.2, -0.15) is 0 Å². The number of aromatic nitrogens is 1. The largest absolute Gasteiger partial charge is 0.497 e. The molecule has 1 atom stereocenters. The maximum Gasteiger partial charge on any atom is 0.308 e. The number of carbonyl (C=O) groups is 2. The molecule has 0 saturated heterocycles. The third-order valence-corrected chi connectivity index (χ3v) is 8.68. The van der Waals surface area contributed by atoms with Gasteiger partial charge in [0.05, 0.1) is 32.5 Å². The van der Waals surface area contributed by atoms with Gasteiger partial charge in [0.25, 0.3) is 11.5 Å². The lowest BCUT2D eigenvalue weighted by molar-refractivity contribution is -0.132. The number of nitrogens with zero attached hydrogens (tertiary/aromatic N) is 2. The number of thiazole rings is 1. The predicted octanol–water partition coefficient (Wildman–Crippen LogP) is 5.02. The van der Waals surface area contributed by atoms with Crippen LogP contribution in [0.5, 0.6) is 11.5 Å². The van der Waals surface area contributed by atoms with E-state index in [2.05, 4.69) is 50.5 Å². The van der Waals surface area contributed by atoms with Gasteiger partial charge in [0, 0.05) is 21.7 Å². The molecule has 41 heavy (non-hydrogen) atoms. The molecule has 11 heteroatoms. The van der Waals surface area contributed by atoms with Crippen molar-refractivity contribution in [1.29, 1.82) is 0 Å². The molecule has 0 aliphatic carbocycles. The first-order valence-corrected chi connectivity index (χ1v) is 15.3. The number of anilines is 1. The van der Waals surface area contributed by atoms with Gasteiger partial charge < -0.3 is 14.8 Å². The fraction of sp³-hybridized carbons (Fsp3) is 0.133. The summed E-state index contributed by atoms with van der Waals surface area (Å²) in [6.07, 6.45) is 1.71. The van der Waals surface area contributed by atoms with Crippen LogP contribution in [0.3, 0.4) is 0 Å². The van der Waals surface area contributed by atoms with E-state index in [1.807, 2.05) is 54.6 Å². The lowest BCUT2D eigenvalue weighted by Crippen LogP contribution is -2.40. The van der Waals surface area contributed by atoms with Crippen LogP contribution in [0.15, 0.2) is 87.8 Å². The quantitative estimate of drug-likeness (QED) is 0.168. The van der Waals surface area contributed by atoms with E-state index in [1.165, 1.54) is 18.3 Å². The van der Waals surface area contributed by atoms with Crippen molar-refractivity contribution in [2.75, 3.05) is 12.4 Å². The molecule has 2 heterocycles. The van der Waals surface area contributed by atoms with Crippen LogP contribution < -0.4 is 29.7 Å². The number of benzene rings is 3. The highest BCUT2D eigenvalue weighted by Gasteiger charge is 2.33. The zero-order valence-corrected chi connectivity index (χ0v) is 27.2. The SMILES string of the molecule is COc1cccc([C@H]2C(C(=O)Nc3ccccc3)=C(C)N=c3s/c(=C\c4cc(I)cc(I)c4OC(C)=O)c(=O)n32)c1. The van der Waals surface area contributed by atoms with Crippen molar-refractivity contribution in [3.8, 4) is 11.5 Å². The average molecular weight is 791 g/mol. The molecule has 0 bridgehead atoms. The molecule has 4 aromatic rings. The number of ether oxygens (including phenoxy) is 2. The molecular weight excluding hydrogens is 768 g/mol. The number of para-hydroxylation sites is 1. The van der Waals surface area contributed by atoms with Crippen LogP contribution in [0.1, 0.15) is 31.0 Å². The second-order valence-corrected chi connectivity index (χ2v) is 12.5. The van der Waals surface area contributed by atoms with Crippen molar-refractivity contribution in [1.82, 2.24) is 4.57 Å². The molecule has 0 saturated carbocycles. The van der Waals surface area contributed by atoms with Crippen LogP contribution in [-0.2, 0) is 9.59 Å². The Kier molecular flexibility index (Phi) is 8.75. The maximum absolute atomic E-state index is 14.1. The van der Waals surface area contributed by atoms with Crippen LogP contribution >= 0.6 is 56.5 Å². The van der Waals surface area contributed by atoms with Gasteiger partial charge in [0.2, 0.25) is 0 Å². The number of esters is 1. The predicted molar refractivity (Wildman–Crippen MR) is 175 cm³/mol. The van der Waals surface area contributed by atoms with Gasteiger partial charge in [-0.1, -0.05) is 41.7 Å². The van der Waals surface area contributed by atoms with Gasteiger partial charge in [-0.25, -0.2) is 4.99 Å². The first-order chi connectivity index (χ1) is 19.7. The Hall–Kier alpha value is -3.30. The number of rotatable bonds is 6. The molecule has 1 aromatic heterocycles. The van der Waals surface area contributed by atoms with Gasteiger partial charge in [-0.05, 0) is 100 Å². The van der Waals surface area contributed by atoms with Crippen molar-refractivity contribution in [3.63, 3.8) is 0 Å². The lowest BCUT2D eigenvalue weighted by atomic mass is 9.95. The summed E-state index contributed by atoms with van der Waals surface area (Å²) in [4.78, 5) is 44.8. The zero-order chi connectivity index (χ0) is 29.3. The summed E-state index contributed by atoms with van der Waals surface area (Å²) in [5, 5.41) is 2.95. The van der Waals surface area contributed by atoms with Crippen molar-refractivity contribution in [2.45, 2.75) is 19.9 Å². The Morgan fingerprint density at radius 1 is 1.07 bits per heavy atom. The Labute approximate surface area is 266 Å². The normalized spacial score (nSPS) is 14.8. The zero-order valence-electron chi connectivity index (χ0n) is 22.1. The number of hydrogen-bond donors (Lipinski definition) is 1.